The van der Waals surface area contributed by atoms with E-state index in [-0.39, 0.29) is 11.7 Å². The Kier molecular flexibility index (Phi) is 3.82. The van der Waals surface area contributed by atoms with Gasteiger partial charge in [-0.1, -0.05) is 6.92 Å². The number of piperidine rings is 1. The Labute approximate surface area is 109 Å². The van der Waals surface area contributed by atoms with Crippen LogP contribution in [0.5, 0.6) is 0 Å². The van der Waals surface area contributed by atoms with Gasteiger partial charge in [-0.15, -0.1) is 0 Å². The zero-order valence-electron chi connectivity index (χ0n) is 9.75. The third-order valence-corrected chi connectivity index (χ3v) is 3.76. The minimum atomic E-state index is -0.333. The Morgan fingerprint density at radius 2 is 2.29 bits per heavy atom. The minimum absolute atomic E-state index is 0.0107. The fourth-order valence-electron chi connectivity index (χ4n) is 2.21. The number of carbonyl (C=O) groups is 1. The highest BCUT2D eigenvalue weighted by atomic mass is 79.9. The van der Waals surface area contributed by atoms with Crippen LogP contribution in [0.25, 0.3) is 0 Å². The second-order valence-electron chi connectivity index (χ2n) is 4.62. The van der Waals surface area contributed by atoms with Crippen molar-refractivity contribution in [3.63, 3.8) is 0 Å². The van der Waals surface area contributed by atoms with Crippen LogP contribution in [0.3, 0.4) is 0 Å². The summed E-state index contributed by atoms with van der Waals surface area (Å²) in [5.74, 6) is 0.204. The normalized spacial score (nSPS) is 20.4. The third-order valence-electron chi connectivity index (χ3n) is 3.11. The average molecular weight is 300 g/mol. The fourth-order valence-corrected chi connectivity index (χ4v) is 2.73. The van der Waals surface area contributed by atoms with Crippen LogP contribution in [0, 0.1) is 11.7 Å². The monoisotopic (exact) mass is 299 g/mol. The van der Waals surface area contributed by atoms with Crippen LogP contribution >= 0.6 is 15.9 Å². The number of rotatable bonds is 1. The van der Waals surface area contributed by atoms with Crippen molar-refractivity contribution >= 4 is 21.8 Å². The Morgan fingerprint density at radius 1 is 1.53 bits per heavy atom. The second-order valence-corrected chi connectivity index (χ2v) is 5.48. The molecule has 0 aromatic heterocycles. The van der Waals surface area contributed by atoms with Crippen molar-refractivity contribution in [3.8, 4) is 0 Å². The molecule has 1 aliphatic rings. The van der Waals surface area contributed by atoms with Crippen LogP contribution in [0.15, 0.2) is 22.7 Å². The van der Waals surface area contributed by atoms with Gasteiger partial charge in [0.2, 0.25) is 0 Å². The number of benzene rings is 1. The number of hydrogen-bond acceptors (Lipinski definition) is 1. The van der Waals surface area contributed by atoms with Gasteiger partial charge in [-0.05, 0) is 52.9 Å². The first-order valence-electron chi connectivity index (χ1n) is 5.82. The molecule has 4 heteroatoms. The SMILES string of the molecule is CC1CCCN(C(=O)c2ccc(F)cc2Br)C1. The minimum Gasteiger partial charge on any atom is -0.338 e. The molecule has 2 nitrogen and oxygen atoms in total. The number of amides is 1. The first-order valence-corrected chi connectivity index (χ1v) is 6.61. The summed E-state index contributed by atoms with van der Waals surface area (Å²) in [6.45, 7) is 3.74. The number of likely N-dealkylation sites (tertiary alicyclic amines) is 1. The first kappa shape index (κ1) is 12.6. The number of nitrogens with zero attached hydrogens (tertiary/aromatic N) is 1. The predicted molar refractivity (Wildman–Crippen MR) is 68.4 cm³/mol. The molecular formula is C13H15BrFNO. The van der Waals surface area contributed by atoms with Crippen molar-refractivity contribution in [3.05, 3.63) is 34.1 Å². The Balaban J connectivity index is 2.18. The molecule has 1 heterocycles. The molecule has 1 aliphatic heterocycles. The third kappa shape index (κ3) is 2.86. The van der Waals surface area contributed by atoms with Crippen molar-refractivity contribution in [2.75, 3.05) is 13.1 Å². The van der Waals surface area contributed by atoms with E-state index in [1.807, 2.05) is 4.90 Å². The lowest BCUT2D eigenvalue weighted by Gasteiger charge is -2.31. The van der Waals surface area contributed by atoms with Gasteiger partial charge < -0.3 is 4.90 Å². The largest absolute Gasteiger partial charge is 0.338 e. The maximum atomic E-state index is 13.0. The van der Waals surface area contributed by atoms with Crippen LogP contribution in [-0.2, 0) is 0 Å². The van der Waals surface area contributed by atoms with Crippen molar-refractivity contribution in [2.45, 2.75) is 19.8 Å². The molecule has 1 aromatic carbocycles. The Bertz CT molecular complexity index is 435. The van der Waals surface area contributed by atoms with Gasteiger partial charge in [0.05, 0.1) is 5.56 Å². The van der Waals surface area contributed by atoms with E-state index >= 15 is 0 Å². The van der Waals surface area contributed by atoms with Gasteiger partial charge in [0.25, 0.3) is 5.91 Å². The molecule has 0 spiro atoms. The molecule has 1 fully saturated rings. The molecule has 0 radical (unpaired) electrons. The molecule has 0 aliphatic carbocycles. The maximum absolute atomic E-state index is 13.0. The van der Waals surface area contributed by atoms with Crippen LogP contribution in [0.2, 0.25) is 0 Å². The van der Waals surface area contributed by atoms with E-state index in [0.717, 1.165) is 19.5 Å². The van der Waals surface area contributed by atoms with E-state index in [2.05, 4.69) is 22.9 Å². The zero-order chi connectivity index (χ0) is 12.4. The number of carbonyl (C=O) groups excluding carboxylic acids is 1. The summed E-state index contributed by atoms with van der Waals surface area (Å²) in [5, 5.41) is 0. The maximum Gasteiger partial charge on any atom is 0.255 e. The quantitative estimate of drug-likeness (QED) is 0.778. The lowest BCUT2D eigenvalue weighted by atomic mass is 9.99. The fraction of sp³-hybridized carbons (Fsp3) is 0.462. The second kappa shape index (κ2) is 5.17. The highest BCUT2D eigenvalue weighted by Crippen LogP contribution is 2.23. The van der Waals surface area contributed by atoms with Gasteiger partial charge in [0.1, 0.15) is 5.82 Å². The highest BCUT2D eigenvalue weighted by molar-refractivity contribution is 9.10. The lowest BCUT2D eigenvalue weighted by Crippen LogP contribution is -2.39. The number of halogens is 2. The van der Waals surface area contributed by atoms with Crippen LogP contribution < -0.4 is 0 Å². The van der Waals surface area contributed by atoms with E-state index in [4.69, 9.17) is 0 Å². The summed E-state index contributed by atoms with van der Waals surface area (Å²) in [7, 11) is 0. The standard InChI is InChI=1S/C13H15BrFNO/c1-9-3-2-6-16(8-9)13(17)11-5-4-10(15)7-12(11)14/h4-5,7,9H,2-3,6,8H2,1H3. The van der Waals surface area contributed by atoms with E-state index in [1.54, 1.807) is 6.07 Å². The van der Waals surface area contributed by atoms with E-state index in [0.29, 0.717) is 16.0 Å². The summed E-state index contributed by atoms with van der Waals surface area (Å²) in [6, 6.07) is 4.20. The van der Waals surface area contributed by atoms with Crippen molar-refractivity contribution in [1.29, 1.82) is 0 Å². The van der Waals surface area contributed by atoms with Gasteiger partial charge >= 0.3 is 0 Å². The molecule has 1 atom stereocenters. The molecule has 1 saturated heterocycles. The molecule has 92 valence electrons. The van der Waals surface area contributed by atoms with E-state index in [9.17, 15) is 9.18 Å². The molecule has 1 unspecified atom stereocenters. The van der Waals surface area contributed by atoms with Crippen molar-refractivity contribution in [2.24, 2.45) is 5.92 Å². The average Bonchev–Trinajstić information content (AvgIpc) is 2.28. The molecule has 1 amide bonds. The lowest BCUT2D eigenvalue weighted by molar-refractivity contribution is 0.0682. The van der Waals surface area contributed by atoms with Crippen LogP contribution in [0.4, 0.5) is 4.39 Å². The van der Waals surface area contributed by atoms with Crippen molar-refractivity contribution < 1.29 is 9.18 Å². The summed E-state index contributed by atoms with van der Waals surface area (Å²) in [5.41, 5.74) is 0.542. The summed E-state index contributed by atoms with van der Waals surface area (Å²) in [6.07, 6.45) is 2.22. The van der Waals surface area contributed by atoms with Gasteiger partial charge in [-0.2, -0.15) is 0 Å². The Hall–Kier alpha value is -0.900. The zero-order valence-corrected chi connectivity index (χ0v) is 11.3. The van der Waals surface area contributed by atoms with Crippen LogP contribution in [0.1, 0.15) is 30.1 Å². The molecule has 1 aromatic rings. The van der Waals surface area contributed by atoms with Crippen molar-refractivity contribution in [1.82, 2.24) is 4.90 Å². The number of hydrogen-bond donors (Lipinski definition) is 0. The first-order chi connectivity index (χ1) is 8.08. The van der Waals surface area contributed by atoms with Crippen LogP contribution in [-0.4, -0.2) is 23.9 Å². The van der Waals surface area contributed by atoms with Gasteiger partial charge in [0.15, 0.2) is 0 Å². The summed E-state index contributed by atoms with van der Waals surface area (Å²) in [4.78, 5) is 14.1. The molecule has 17 heavy (non-hydrogen) atoms. The smallest absolute Gasteiger partial charge is 0.255 e. The molecule has 0 saturated carbocycles. The molecule has 0 N–H and O–H groups in total. The van der Waals surface area contributed by atoms with Gasteiger partial charge in [-0.3, -0.25) is 4.79 Å². The molecule has 2 rings (SSSR count). The predicted octanol–water partition coefficient (Wildman–Crippen LogP) is 3.46. The molecule has 0 bridgehead atoms. The topological polar surface area (TPSA) is 20.3 Å². The summed E-state index contributed by atoms with van der Waals surface area (Å²) >= 11 is 3.24. The molecular weight excluding hydrogens is 285 g/mol. The van der Waals surface area contributed by atoms with Gasteiger partial charge in [-0.25, -0.2) is 4.39 Å². The summed E-state index contributed by atoms with van der Waals surface area (Å²) < 4.78 is 13.5. The van der Waals surface area contributed by atoms with E-state index < -0.39 is 0 Å². The van der Waals surface area contributed by atoms with Gasteiger partial charge in [0, 0.05) is 17.6 Å². The highest BCUT2D eigenvalue weighted by Gasteiger charge is 2.23. The Morgan fingerprint density at radius 3 is 2.94 bits per heavy atom. The van der Waals surface area contributed by atoms with E-state index in [1.165, 1.54) is 18.6 Å².